The molecule has 2 heterocycles. The van der Waals surface area contributed by atoms with Crippen LogP contribution in [-0.2, 0) is 24.2 Å². The highest BCUT2D eigenvalue weighted by molar-refractivity contribution is 7.09. The number of carbonyl (C=O) groups excluding carboxylic acids is 1. The zero-order valence-corrected chi connectivity index (χ0v) is 22.8. The molecule has 204 valence electrons. The molecule has 4 rings (SSSR count). The number of hydrogen-bond acceptors (Lipinski definition) is 8. The van der Waals surface area contributed by atoms with Gasteiger partial charge < -0.3 is 19.5 Å². The number of nitrogens with zero attached hydrogens (tertiary/aromatic N) is 3. The molecule has 1 N–H and O–H groups in total. The molecule has 0 bridgehead atoms. The zero-order valence-electron chi connectivity index (χ0n) is 22.0. The Kier molecular flexibility index (Phi) is 10.5. The molecule has 1 aliphatic rings. The molecule has 0 saturated carbocycles. The first-order chi connectivity index (χ1) is 18.6. The number of morpholine rings is 1. The van der Waals surface area contributed by atoms with E-state index in [9.17, 15) is 9.18 Å². The minimum atomic E-state index is -0.233. The van der Waals surface area contributed by atoms with Crippen LogP contribution in [0.4, 0.5) is 4.39 Å². The molecule has 0 radical (unpaired) electrons. The summed E-state index contributed by atoms with van der Waals surface area (Å²) in [7, 11) is 3.23. The molecule has 0 unspecified atom stereocenters. The Hall–Kier alpha value is -3.05. The Morgan fingerprint density at radius 2 is 1.92 bits per heavy atom. The summed E-state index contributed by atoms with van der Waals surface area (Å²) in [5.74, 6) is 0.947. The van der Waals surface area contributed by atoms with Gasteiger partial charge >= 0.3 is 0 Å². The normalized spacial score (nSPS) is 14.0. The highest BCUT2D eigenvalue weighted by atomic mass is 32.1. The SMILES string of the molecule is COc1ccc(CCN(Cc2nc(C(=O)NCCN3CCOCC3)cs2)Cc2ccccc2F)cc1OC. The number of amides is 1. The number of benzene rings is 2. The summed E-state index contributed by atoms with van der Waals surface area (Å²) in [5.41, 5.74) is 2.12. The van der Waals surface area contributed by atoms with Crippen LogP contribution in [0.1, 0.15) is 26.6 Å². The van der Waals surface area contributed by atoms with Crippen molar-refractivity contribution in [3.63, 3.8) is 0 Å². The molecule has 38 heavy (non-hydrogen) atoms. The summed E-state index contributed by atoms with van der Waals surface area (Å²) < 4.78 is 30.6. The molecule has 1 aliphatic heterocycles. The third-order valence-electron chi connectivity index (χ3n) is 6.48. The van der Waals surface area contributed by atoms with Crippen LogP contribution in [0.3, 0.4) is 0 Å². The standard InChI is InChI=1S/C28H35FN4O4S/c1-35-25-8-7-21(17-26(25)36-2)9-11-33(18-22-5-3-4-6-23(22)29)19-27-31-24(20-38-27)28(34)30-10-12-32-13-15-37-16-14-32/h3-8,17,20H,9-16,18-19H2,1-2H3,(H,30,34). The second-order valence-electron chi connectivity index (χ2n) is 9.08. The molecule has 8 nitrogen and oxygen atoms in total. The van der Waals surface area contributed by atoms with Crippen molar-refractivity contribution in [1.29, 1.82) is 0 Å². The molecule has 1 fully saturated rings. The van der Waals surface area contributed by atoms with Gasteiger partial charge in [-0.2, -0.15) is 0 Å². The summed E-state index contributed by atoms with van der Waals surface area (Å²) in [4.78, 5) is 21.7. The Balaban J connectivity index is 1.38. The number of aromatic nitrogens is 1. The quantitative estimate of drug-likeness (QED) is 0.354. The fraction of sp³-hybridized carbons (Fsp3) is 0.429. The van der Waals surface area contributed by atoms with Crippen LogP contribution in [-0.4, -0.2) is 80.8 Å². The van der Waals surface area contributed by atoms with Crippen LogP contribution in [0.2, 0.25) is 0 Å². The van der Waals surface area contributed by atoms with Gasteiger partial charge in [-0.1, -0.05) is 24.3 Å². The fourth-order valence-corrected chi connectivity index (χ4v) is 5.14. The molecule has 3 aromatic rings. The van der Waals surface area contributed by atoms with Crippen molar-refractivity contribution in [3.05, 3.63) is 75.5 Å². The number of thiazole rings is 1. The van der Waals surface area contributed by atoms with Crippen LogP contribution >= 0.6 is 11.3 Å². The van der Waals surface area contributed by atoms with Crippen LogP contribution in [0.5, 0.6) is 11.5 Å². The first kappa shape index (κ1) is 28.0. The van der Waals surface area contributed by atoms with Gasteiger partial charge in [0.2, 0.25) is 0 Å². The second kappa shape index (κ2) is 14.2. The lowest BCUT2D eigenvalue weighted by Crippen LogP contribution is -2.41. The Morgan fingerprint density at radius 3 is 2.68 bits per heavy atom. The van der Waals surface area contributed by atoms with E-state index in [1.807, 2.05) is 24.3 Å². The minimum Gasteiger partial charge on any atom is -0.493 e. The van der Waals surface area contributed by atoms with E-state index in [2.05, 4.69) is 20.1 Å². The lowest BCUT2D eigenvalue weighted by Gasteiger charge is -2.26. The van der Waals surface area contributed by atoms with Crippen molar-refractivity contribution in [2.24, 2.45) is 0 Å². The van der Waals surface area contributed by atoms with Crippen molar-refractivity contribution in [3.8, 4) is 11.5 Å². The molecule has 10 heteroatoms. The smallest absolute Gasteiger partial charge is 0.270 e. The van der Waals surface area contributed by atoms with Gasteiger partial charge in [-0.25, -0.2) is 9.37 Å². The van der Waals surface area contributed by atoms with Gasteiger partial charge in [0, 0.05) is 50.2 Å². The number of hydrogen-bond donors (Lipinski definition) is 1. The Bertz CT molecular complexity index is 1190. The summed E-state index contributed by atoms with van der Waals surface area (Å²) in [5, 5.41) is 5.56. The number of carbonyl (C=O) groups is 1. The fourth-order valence-electron chi connectivity index (χ4n) is 4.33. The van der Waals surface area contributed by atoms with Gasteiger partial charge in [-0.15, -0.1) is 11.3 Å². The predicted molar refractivity (Wildman–Crippen MR) is 145 cm³/mol. The van der Waals surface area contributed by atoms with Crippen molar-refractivity contribution >= 4 is 17.2 Å². The largest absolute Gasteiger partial charge is 0.493 e. The first-order valence-corrected chi connectivity index (χ1v) is 13.6. The molecule has 1 saturated heterocycles. The lowest BCUT2D eigenvalue weighted by atomic mass is 10.1. The minimum absolute atomic E-state index is 0.174. The number of rotatable bonds is 13. The molecule has 0 spiro atoms. The number of methoxy groups -OCH3 is 2. The molecule has 0 aliphatic carbocycles. The van der Waals surface area contributed by atoms with E-state index in [-0.39, 0.29) is 11.7 Å². The summed E-state index contributed by atoms with van der Waals surface area (Å²) in [6.45, 7) is 6.21. The summed E-state index contributed by atoms with van der Waals surface area (Å²) >= 11 is 1.44. The van der Waals surface area contributed by atoms with Crippen LogP contribution < -0.4 is 14.8 Å². The van der Waals surface area contributed by atoms with E-state index >= 15 is 0 Å². The van der Waals surface area contributed by atoms with E-state index in [1.165, 1.54) is 17.4 Å². The van der Waals surface area contributed by atoms with Crippen molar-refractivity contribution < 1.29 is 23.4 Å². The van der Waals surface area contributed by atoms with Crippen LogP contribution in [0.15, 0.2) is 47.8 Å². The summed E-state index contributed by atoms with van der Waals surface area (Å²) in [6, 6.07) is 12.7. The Labute approximate surface area is 227 Å². The predicted octanol–water partition coefficient (Wildman–Crippen LogP) is 3.61. The molecule has 1 aromatic heterocycles. The van der Waals surface area contributed by atoms with Gasteiger partial charge in [-0.3, -0.25) is 14.6 Å². The maximum Gasteiger partial charge on any atom is 0.270 e. The average Bonchev–Trinajstić information content (AvgIpc) is 3.42. The third kappa shape index (κ3) is 7.97. The van der Waals surface area contributed by atoms with Crippen LogP contribution in [0.25, 0.3) is 0 Å². The average molecular weight is 543 g/mol. The van der Waals surface area contributed by atoms with E-state index in [0.29, 0.717) is 48.9 Å². The van der Waals surface area contributed by atoms with Gasteiger partial charge in [0.15, 0.2) is 11.5 Å². The van der Waals surface area contributed by atoms with E-state index in [1.54, 1.807) is 31.7 Å². The number of nitrogens with one attached hydrogen (secondary N) is 1. The molecule has 2 aromatic carbocycles. The highest BCUT2D eigenvalue weighted by Crippen LogP contribution is 2.28. The Morgan fingerprint density at radius 1 is 1.13 bits per heavy atom. The van der Waals surface area contributed by atoms with Gasteiger partial charge in [-0.05, 0) is 30.2 Å². The van der Waals surface area contributed by atoms with Crippen LogP contribution in [0, 0.1) is 5.82 Å². The third-order valence-corrected chi connectivity index (χ3v) is 7.31. The second-order valence-corrected chi connectivity index (χ2v) is 10.0. The van der Waals surface area contributed by atoms with Gasteiger partial charge in [0.25, 0.3) is 5.91 Å². The highest BCUT2D eigenvalue weighted by Gasteiger charge is 2.16. The molecule has 1 amide bonds. The van der Waals surface area contributed by atoms with E-state index in [0.717, 1.165) is 49.8 Å². The first-order valence-electron chi connectivity index (χ1n) is 12.7. The maximum absolute atomic E-state index is 14.5. The topological polar surface area (TPSA) is 76.2 Å². The zero-order chi connectivity index (χ0) is 26.7. The van der Waals surface area contributed by atoms with Crippen molar-refractivity contribution in [1.82, 2.24) is 20.1 Å². The van der Waals surface area contributed by atoms with Gasteiger partial charge in [0.05, 0.1) is 34.0 Å². The van der Waals surface area contributed by atoms with Crippen molar-refractivity contribution in [2.75, 3.05) is 60.2 Å². The van der Waals surface area contributed by atoms with E-state index < -0.39 is 0 Å². The van der Waals surface area contributed by atoms with Gasteiger partial charge in [0.1, 0.15) is 16.5 Å². The molecular weight excluding hydrogens is 507 g/mol. The molecular formula is C28H35FN4O4S. The maximum atomic E-state index is 14.5. The van der Waals surface area contributed by atoms with E-state index in [4.69, 9.17) is 14.2 Å². The monoisotopic (exact) mass is 542 g/mol. The number of ether oxygens (including phenoxy) is 3. The van der Waals surface area contributed by atoms with Crippen molar-refractivity contribution in [2.45, 2.75) is 19.5 Å². The molecule has 0 atom stereocenters. The number of halogens is 1. The summed E-state index contributed by atoms with van der Waals surface area (Å²) in [6.07, 6.45) is 0.731. The lowest BCUT2D eigenvalue weighted by molar-refractivity contribution is 0.0383.